The van der Waals surface area contributed by atoms with Crippen LogP contribution in [0.2, 0.25) is 0 Å². The number of benzene rings is 1. The molecule has 3 N–H and O–H groups in total. The molecule has 0 heterocycles. The van der Waals surface area contributed by atoms with Gasteiger partial charge in [-0.2, -0.15) is 0 Å². The highest BCUT2D eigenvalue weighted by molar-refractivity contribution is 5.92. The van der Waals surface area contributed by atoms with Gasteiger partial charge in [0.1, 0.15) is 6.04 Å². The second-order valence-corrected chi connectivity index (χ2v) is 3.91. The molecule has 0 aromatic heterocycles. The van der Waals surface area contributed by atoms with E-state index in [0.717, 1.165) is 12.1 Å². The number of aliphatic carboxylic acids is 1. The third-order valence-corrected chi connectivity index (χ3v) is 2.36. The third kappa shape index (κ3) is 4.53. The maximum atomic E-state index is 12.9. The number of carboxylic acid groups (broad SMARTS) is 1. The molecule has 1 atom stereocenters. The summed E-state index contributed by atoms with van der Waals surface area (Å²) >= 11 is 0. The van der Waals surface area contributed by atoms with Gasteiger partial charge in [-0.3, -0.25) is 0 Å². The number of carbonyl (C=O) groups excluding carboxylic acids is 1. The molecular formula is C12H14F2N2O3. The summed E-state index contributed by atoms with van der Waals surface area (Å²) in [5, 5.41) is 13.3. The van der Waals surface area contributed by atoms with Gasteiger partial charge < -0.3 is 15.7 Å². The Morgan fingerprint density at radius 3 is 2.53 bits per heavy atom. The van der Waals surface area contributed by atoms with Crippen LogP contribution in [0.3, 0.4) is 0 Å². The van der Waals surface area contributed by atoms with Crippen molar-refractivity contribution in [3.8, 4) is 0 Å². The fraction of sp³-hybridized carbons (Fsp3) is 0.333. The molecule has 7 heteroatoms. The fourth-order valence-corrected chi connectivity index (χ4v) is 1.45. The molecule has 0 aliphatic heterocycles. The van der Waals surface area contributed by atoms with E-state index >= 15 is 0 Å². The summed E-state index contributed by atoms with van der Waals surface area (Å²) in [6, 6.07) is 1.05. The molecule has 0 fully saturated rings. The number of hydrogen-bond acceptors (Lipinski definition) is 2. The van der Waals surface area contributed by atoms with Crippen molar-refractivity contribution in [1.29, 1.82) is 0 Å². The molecule has 1 aromatic carbocycles. The summed E-state index contributed by atoms with van der Waals surface area (Å²) in [6.45, 7) is 1.78. The predicted octanol–water partition coefficient (Wildman–Crippen LogP) is 2.34. The standard InChI is InChI=1S/C12H14F2N2O3/c1-2-3-10(11(17)18)16-12(19)15-7-4-5-8(13)9(14)6-7/h4-6,10H,2-3H2,1H3,(H,17,18)(H2,15,16,19)/t10-/m1/s1. The average Bonchev–Trinajstić information content (AvgIpc) is 2.33. The molecule has 1 aromatic rings. The summed E-state index contributed by atoms with van der Waals surface area (Å²) < 4.78 is 25.6. The maximum absolute atomic E-state index is 12.9. The molecule has 0 aliphatic carbocycles. The molecule has 5 nitrogen and oxygen atoms in total. The molecule has 104 valence electrons. The lowest BCUT2D eigenvalue weighted by molar-refractivity contribution is -0.139. The number of carbonyl (C=O) groups is 2. The minimum atomic E-state index is -1.15. The van der Waals surface area contributed by atoms with Crippen LogP contribution in [0.25, 0.3) is 0 Å². The van der Waals surface area contributed by atoms with Gasteiger partial charge in [0.15, 0.2) is 11.6 Å². The highest BCUT2D eigenvalue weighted by Crippen LogP contribution is 2.12. The second kappa shape index (κ2) is 6.67. The van der Waals surface area contributed by atoms with Crippen LogP contribution < -0.4 is 10.6 Å². The number of hydrogen-bond donors (Lipinski definition) is 3. The van der Waals surface area contributed by atoms with Crippen molar-refractivity contribution >= 4 is 17.7 Å². The van der Waals surface area contributed by atoms with Crippen LogP contribution in [0.5, 0.6) is 0 Å². The Balaban J connectivity index is 2.63. The van der Waals surface area contributed by atoms with Crippen molar-refractivity contribution in [2.75, 3.05) is 5.32 Å². The fourth-order valence-electron chi connectivity index (χ4n) is 1.45. The molecule has 1 rings (SSSR count). The first kappa shape index (κ1) is 14.9. The van der Waals surface area contributed by atoms with Gasteiger partial charge in [0.25, 0.3) is 0 Å². The van der Waals surface area contributed by atoms with E-state index in [1.54, 1.807) is 6.92 Å². The normalized spacial score (nSPS) is 11.7. The van der Waals surface area contributed by atoms with Gasteiger partial charge in [-0.05, 0) is 18.6 Å². The minimum Gasteiger partial charge on any atom is -0.480 e. The van der Waals surface area contributed by atoms with Gasteiger partial charge in [-0.25, -0.2) is 18.4 Å². The first-order valence-corrected chi connectivity index (χ1v) is 5.69. The number of amides is 2. The summed E-state index contributed by atoms with van der Waals surface area (Å²) in [7, 11) is 0. The molecule has 0 spiro atoms. The van der Waals surface area contributed by atoms with Crippen LogP contribution >= 0.6 is 0 Å². The van der Waals surface area contributed by atoms with Crippen LogP contribution in [0.15, 0.2) is 18.2 Å². The lowest BCUT2D eigenvalue weighted by Crippen LogP contribution is -2.42. The van der Waals surface area contributed by atoms with Crippen molar-refractivity contribution in [1.82, 2.24) is 5.32 Å². The van der Waals surface area contributed by atoms with Crippen molar-refractivity contribution in [3.05, 3.63) is 29.8 Å². The van der Waals surface area contributed by atoms with Crippen LogP contribution in [0, 0.1) is 11.6 Å². The Hall–Kier alpha value is -2.18. The average molecular weight is 272 g/mol. The highest BCUT2D eigenvalue weighted by atomic mass is 19.2. The molecule has 0 aliphatic rings. The monoisotopic (exact) mass is 272 g/mol. The van der Waals surface area contributed by atoms with E-state index in [4.69, 9.17) is 5.11 Å². The first-order valence-electron chi connectivity index (χ1n) is 5.69. The van der Waals surface area contributed by atoms with E-state index in [-0.39, 0.29) is 12.1 Å². The van der Waals surface area contributed by atoms with Crippen LogP contribution in [0.1, 0.15) is 19.8 Å². The van der Waals surface area contributed by atoms with Gasteiger partial charge in [0, 0.05) is 11.8 Å². The Morgan fingerprint density at radius 1 is 1.32 bits per heavy atom. The first-order chi connectivity index (χ1) is 8.93. The quantitative estimate of drug-likeness (QED) is 0.769. The second-order valence-electron chi connectivity index (χ2n) is 3.91. The smallest absolute Gasteiger partial charge is 0.326 e. The zero-order valence-electron chi connectivity index (χ0n) is 10.2. The van der Waals surface area contributed by atoms with E-state index in [9.17, 15) is 18.4 Å². The van der Waals surface area contributed by atoms with E-state index in [1.165, 1.54) is 6.07 Å². The van der Waals surface area contributed by atoms with Crippen LogP contribution in [-0.4, -0.2) is 23.1 Å². The Morgan fingerprint density at radius 2 is 2.00 bits per heavy atom. The van der Waals surface area contributed by atoms with Gasteiger partial charge in [-0.15, -0.1) is 0 Å². The molecular weight excluding hydrogens is 258 g/mol. The van der Waals surface area contributed by atoms with Crippen LogP contribution in [0.4, 0.5) is 19.3 Å². The van der Waals surface area contributed by atoms with Gasteiger partial charge in [0.05, 0.1) is 0 Å². The van der Waals surface area contributed by atoms with Crippen molar-refractivity contribution in [2.45, 2.75) is 25.8 Å². The summed E-state index contributed by atoms with van der Waals surface area (Å²) in [5.74, 6) is -3.27. The maximum Gasteiger partial charge on any atom is 0.326 e. The summed E-state index contributed by atoms with van der Waals surface area (Å²) in [5.41, 5.74) is 0.0389. The zero-order valence-corrected chi connectivity index (χ0v) is 10.2. The topological polar surface area (TPSA) is 78.4 Å². The largest absolute Gasteiger partial charge is 0.480 e. The van der Waals surface area contributed by atoms with E-state index in [2.05, 4.69) is 10.6 Å². The highest BCUT2D eigenvalue weighted by Gasteiger charge is 2.18. The SMILES string of the molecule is CCC[C@@H](NC(=O)Nc1ccc(F)c(F)c1)C(=O)O. The van der Waals surface area contributed by atoms with Crippen LogP contribution in [-0.2, 0) is 4.79 Å². The Bertz CT molecular complexity index is 480. The molecule has 0 radical (unpaired) electrons. The third-order valence-electron chi connectivity index (χ3n) is 2.36. The molecule has 0 unspecified atom stereocenters. The van der Waals surface area contributed by atoms with Gasteiger partial charge in [-0.1, -0.05) is 13.3 Å². The van der Waals surface area contributed by atoms with Gasteiger partial charge in [0.2, 0.25) is 0 Å². The van der Waals surface area contributed by atoms with E-state index in [0.29, 0.717) is 6.42 Å². The molecule has 0 saturated heterocycles. The Labute approximate surface area is 108 Å². The predicted molar refractivity (Wildman–Crippen MR) is 64.8 cm³/mol. The number of halogens is 2. The van der Waals surface area contributed by atoms with E-state index in [1.807, 2.05) is 0 Å². The summed E-state index contributed by atoms with van der Waals surface area (Å²) in [4.78, 5) is 22.3. The van der Waals surface area contributed by atoms with E-state index < -0.39 is 29.7 Å². The molecule has 0 bridgehead atoms. The number of rotatable bonds is 5. The summed E-state index contributed by atoms with van der Waals surface area (Å²) in [6.07, 6.45) is 0.864. The lowest BCUT2D eigenvalue weighted by Gasteiger charge is -2.14. The van der Waals surface area contributed by atoms with Gasteiger partial charge >= 0.3 is 12.0 Å². The lowest BCUT2D eigenvalue weighted by atomic mass is 10.2. The Kier molecular flexibility index (Phi) is 5.23. The number of anilines is 1. The number of urea groups is 1. The van der Waals surface area contributed by atoms with Crippen molar-refractivity contribution in [2.24, 2.45) is 0 Å². The zero-order chi connectivity index (χ0) is 14.4. The molecule has 19 heavy (non-hydrogen) atoms. The molecule has 0 saturated carbocycles. The van der Waals surface area contributed by atoms with Crippen molar-refractivity contribution < 1.29 is 23.5 Å². The number of nitrogens with one attached hydrogen (secondary N) is 2. The van der Waals surface area contributed by atoms with Crippen molar-refractivity contribution in [3.63, 3.8) is 0 Å². The minimum absolute atomic E-state index is 0.0389. The molecule has 2 amide bonds. The number of carboxylic acids is 1.